The number of ether oxygens (including phenoxy) is 2. The normalized spacial score (nSPS) is 39.0. The molecule has 1 aliphatic heterocycles. The van der Waals surface area contributed by atoms with Gasteiger partial charge in [0.15, 0.2) is 6.29 Å². The van der Waals surface area contributed by atoms with Crippen LogP contribution < -0.4 is 0 Å². The first kappa shape index (κ1) is 9.26. The van der Waals surface area contributed by atoms with Crippen molar-refractivity contribution < 1.29 is 14.6 Å². The zero-order chi connectivity index (χ0) is 8.32. The average molecular weight is 181 g/mol. The van der Waals surface area contributed by atoms with E-state index in [2.05, 4.69) is 0 Å². The predicted molar refractivity (Wildman–Crippen MR) is 41.6 cm³/mol. The van der Waals surface area contributed by atoms with Crippen LogP contribution >= 0.6 is 11.6 Å². The predicted octanol–water partition coefficient (Wildman–Crippen LogP) is 0.597. The van der Waals surface area contributed by atoms with Crippen molar-refractivity contribution in [2.24, 2.45) is 5.41 Å². The van der Waals surface area contributed by atoms with E-state index < -0.39 is 0 Å². The van der Waals surface area contributed by atoms with Crippen LogP contribution in [0.2, 0.25) is 0 Å². The molecule has 0 atom stereocenters. The van der Waals surface area contributed by atoms with Crippen LogP contribution in [0.25, 0.3) is 0 Å². The van der Waals surface area contributed by atoms with Crippen molar-refractivity contribution in [2.75, 3.05) is 25.7 Å². The number of aliphatic hydroxyl groups excluding tert-OH is 1. The largest absolute Gasteiger partial charge is 0.396 e. The van der Waals surface area contributed by atoms with Gasteiger partial charge in [0, 0.05) is 5.41 Å². The molecule has 0 unspecified atom stereocenters. The van der Waals surface area contributed by atoms with E-state index in [9.17, 15) is 0 Å². The molecule has 66 valence electrons. The lowest BCUT2D eigenvalue weighted by Gasteiger charge is -2.35. The summed E-state index contributed by atoms with van der Waals surface area (Å²) in [5.41, 5.74) is -0.247. The van der Waals surface area contributed by atoms with Gasteiger partial charge < -0.3 is 14.6 Å². The van der Waals surface area contributed by atoms with Crippen molar-refractivity contribution in [3.63, 3.8) is 0 Å². The number of alkyl halides is 1. The van der Waals surface area contributed by atoms with Crippen LogP contribution in [0.5, 0.6) is 0 Å². The second-order valence-electron chi connectivity index (χ2n) is 3.17. The summed E-state index contributed by atoms with van der Waals surface area (Å²) in [6, 6.07) is 0. The average Bonchev–Trinajstić information content (AvgIpc) is 2.06. The third kappa shape index (κ3) is 2.30. The van der Waals surface area contributed by atoms with Crippen molar-refractivity contribution in [2.45, 2.75) is 13.2 Å². The molecule has 1 rings (SSSR count). The van der Waals surface area contributed by atoms with Gasteiger partial charge in [-0.05, 0) is 0 Å². The second-order valence-corrected chi connectivity index (χ2v) is 3.48. The molecular formula is C7H13ClO3. The molecule has 1 heterocycles. The molecule has 11 heavy (non-hydrogen) atoms. The molecule has 3 nitrogen and oxygen atoms in total. The molecule has 0 bridgehead atoms. The topological polar surface area (TPSA) is 38.7 Å². The summed E-state index contributed by atoms with van der Waals surface area (Å²) < 4.78 is 10.4. The van der Waals surface area contributed by atoms with E-state index in [4.69, 9.17) is 26.2 Å². The van der Waals surface area contributed by atoms with Gasteiger partial charge in [-0.3, -0.25) is 0 Å². The minimum absolute atomic E-state index is 0.0853. The Morgan fingerprint density at radius 1 is 1.55 bits per heavy atom. The zero-order valence-electron chi connectivity index (χ0n) is 6.55. The van der Waals surface area contributed by atoms with Crippen molar-refractivity contribution in [3.05, 3.63) is 0 Å². The first-order valence-electron chi connectivity index (χ1n) is 3.60. The highest BCUT2D eigenvalue weighted by Gasteiger charge is 2.31. The lowest BCUT2D eigenvalue weighted by Crippen LogP contribution is -2.42. The maximum Gasteiger partial charge on any atom is 0.171 e. The van der Waals surface area contributed by atoms with Gasteiger partial charge in [0.25, 0.3) is 0 Å². The van der Waals surface area contributed by atoms with E-state index in [1.807, 2.05) is 6.92 Å². The number of aliphatic hydroxyl groups is 1. The monoisotopic (exact) mass is 180 g/mol. The second kappa shape index (κ2) is 3.72. The van der Waals surface area contributed by atoms with E-state index in [1.165, 1.54) is 0 Å². The fourth-order valence-corrected chi connectivity index (χ4v) is 1.04. The van der Waals surface area contributed by atoms with Gasteiger partial charge in [0.05, 0.1) is 25.7 Å². The van der Waals surface area contributed by atoms with E-state index in [0.29, 0.717) is 19.1 Å². The molecule has 0 aromatic heterocycles. The third-order valence-electron chi connectivity index (χ3n) is 1.74. The summed E-state index contributed by atoms with van der Waals surface area (Å²) in [6.07, 6.45) is -0.295. The fraction of sp³-hybridized carbons (Fsp3) is 1.00. The molecule has 0 spiro atoms. The molecule has 1 saturated heterocycles. The lowest BCUT2D eigenvalue weighted by molar-refractivity contribution is -0.221. The molecule has 0 aromatic rings. The maximum atomic E-state index is 8.92. The standard InChI is InChI=1S/C7H13ClO3/c1-7(3-9)4-10-6(2-8)11-5-7/h6,9H,2-5H2,1H3. The Hall–Kier alpha value is 0.170. The van der Waals surface area contributed by atoms with E-state index >= 15 is 0 Å². The van der Waals surface area contributed by atoms with Gasteiger partial charge in [0.2, 0.25) is 0 Å². The Kier molecular flexibility index (Phi) is 3.13. The molecule has 1 N–H and O–H groups in total. The van der Waals surface area contributed by atoms with Crippen LogP contribution in [0.3, 0.4) is 0 Å². The van der Waals surface area contributed by atoms with Crippen molar-refractivity contribution >= 4 is 11.6 Å². The van der Waals surface area contributed by atoms with Crippen LogP contribution in [0.15, 0.2) is 0 Å². The van der Waals surface area contributed by atoms with E-state index in [-0.39, 0.29) is 18.3 Å². The Morgan fingerprint density at radius 3 is 2.45 bits per heavy atom. The quantitative estimate of drug-likeness (QED) is 0.633. The first-order chi connectivity index (χ1) is 5.20. The van der Waals surface area contributed by atoms with Gasteiger partial charge in [-0.1, -0.05) is 6.92 Å². The van der Waals surface area contributed by atoms with Crippen molar-refractivity contribution in [3.8, 4) is 0 Å². The smallest absolute Gasteiger partial charge is 0.171 e. The van der Waals surface area contributed by atoms with Gasteiger partial charge in [-0.25, -0.2) is 0 Å². The van der Waals surface area contributed by atoms with Crippen molar-refractivity contribution in [1.29, 1.82) is 0 Å². The summed E-state index contributed by atoms with van der Waals surface area (Å²) in [5, 5.41) is 8.92. The van der Waals surface area contributed by atoms with E-state index in [1.54, 1.807) is 0 Å². The van der Waals surface area contributed by atoms with Crippen LogP contribution in [0, 0.1) is 5.41 Å². The molecule has 0 radical (unpaired) electrons. The highest BCUT2D eigenvalue weighted by molar-refractivity contribution is 6.18. The third-order valence-corrected chi connectivity index (χ3v) is 2.00. The highest BCUT2D eigenvalue weighted by atomic mass is 35.5. The fourth-order valence-electron chi connectivity index (χ4n) is 0.858. The molecule has 0 saturated carbocycles. The zero-order valence-corrected chi connectivity index (χ0v) is 7.30. The number of hydrogen-bond acceptors (Lipinski definition) is 3. The number of hydrogen-bond donors (Lipinski definition) is 1. The van der Waals surface area contributed by atoms with Crippen LogP contribution in [0.1, 0.15) is 6.92 Å². The Morgan fingerprint density at radius 2 is 2.09 bits per heavy atom. The first-order valence-corrected chi connectivity index (χ1v) is 4.14. The Labute approximate surface area is 71.2 Å². The molecule has 0 aliphatic carbocycles. The minimum Gasteiger partial charge on any atom is -0.396 e. The maximum absolute atomic E-state index is 8.92. The summed E-state index contributed by atoms with van der Waals surface area (Å²) in [5.74, 6) is 0.349. The summed E-state index contributed by atoms with van der Waals surface area (Å²) in [7, 11) is 0. The van der Waals surface area contributed by atoms with Crippen molar-refractivity contribution in [1.82, 2.24) is 0 Å². The van der Waals surface area contributed by atoms with Gasteiger partial charge in [0.1, 0.15) is 0 Å². The number of rotatable bonds is 2. The molecule has 1 fully saturated rings. The van der Waals surface area contributed by atoms with Gasteiger partial charge in [-0.15, -0.1) is 11.6 Å². The number of halogens is 1. The van der Waals surface area contributed by atoms with Gasteiger partial charge >= 0.3 is 0 Å². The summed E-state index contributed by atoms with van der Waals surface area (Å²) in [4.78, 5) is 0. The molecule has 1 aliphatic rings. The summed E-state index contributed by atoms with van der Waals surface area (Å²) in [6.45, 7) is 3.03. The molecular weight excluding hydrogens is 168 g/mol. The summed E-state index contributed by atoms with van der Waals surface area (Å²) >= 11 is 5.50. The highest BCUT2D eigenvalue weighted by Crippen LogP contribution is 2.23. The lowest BCUT2D eigenvalue weighted by atomic mass is 9.94. The molecule has 0 aromatic carbocycles. The SMILES string of the molecule is CC1(CO)COC(CCl)OC1. The van der Waals surface area contributed by atoms with E-state index in [0.717, 1.165) is 0 Å². The Balaban J connectivity index is 2.35. The van der Waals surface area contributed by atoms with Crippen LogP contribution in [-0.4, -0.2) is 37.1 Å². The minimum atomic E-state index is -0.295. The Bertz CT molecular complexity index is 121. The van der Waals surface area contributed by atoms with Crippen LogP contribution in [-0.2, 0) is 9.47 Å². The molecule has 4 heteroatoms. The van der Waals surface area contributed by atoms with Gasteiger partial charge in [-0.2, -0.15) is 0 Å². The molecule has 0 amide bonds. The van der Waals surface area contributed by atoms with Crippen LogP contribution in [0.4, 0.5) is 0 Å².